The zero-order valence-electron chi connectivity index (χ0n) is 9.80. The van der Waals surface area contributed by atoms with Crippen molar-refractivity contribution in [2.75, 3.05) is 13.1 Å². The third kappa shape index (κ3) is 3.27. The Bertz CT molecular complexity index is 477. The van der Waals surface area contributed by atoms with E-state index in [9.17, 15) is 9.90 Å². The summed E-state index contributed by atoms with van der Waals surface area (Å²) >= 11 is 5.68. The third-order valence-corrected chi connectivity index (χ3v) is 2.58. The predicted molar refractivity (Wildman–Crippen MR) is 68.1 cm³/mol. The van der Waals surface area contributed by atoms with Crippen molar-refractivity contribution in [3.8, 4) is 5.75 Å². The molecule has 0 heterocycles. The summed E-state index contributed by atoms with van der Waals surface area (Å²) in [7, 11) is 0. The van der Waals surface area contributed by atoms with Crippen LogP contribution < -0.4 is 5.73 Å². The van der Waals surface area contributed by atoms with Crippen molar-refractivity contribution in [1.29, 1.82) is 0 Å². The molecule has 18 heavy (non-hydrogen) atoms. The number of nitrogens with zero attached hydrogens (tertiary/aromatic N) is 2. The molecular weight excluding hydrogens is 258 g/mol. The van der Waals surface area contributed by atoms with Crippen molar-refractivity contribution in [2.24, 2.45) is 10.9 Å². The van der Waals surface area contributed by atoms with E-state index in [0.717, 1.165) is 0 Å². The molecule has 1 rings (SSSR count). The van der Waals surface area contributed by atoms with Crippen molar-refractivity contribution < 1.29 is 15.1 Å². The van der Waals surface area contributed by atoms with Crippen molar-refractivity contribution in [1.82, 2.24) is 4.90 Å². The Morgan fingerprint density at radius 3 is 2.72 bits per heavy atom. The zero-order valence-corrected chi connectivity index (χ0v) is 10.6. The maximum absolute atomic E-state index is 12.1. The Kier molecular flexibility index (Phi) is 4.79. The number of phenolic OH excluding ortho intramolecular Hbond substituents is 1. The number of amidine groups is 1. The molecule has 0 atom stereocenters. The number of rotatable bonds is 4. The number of phenols is 1. The molecule has 0 aromatic heterocycles. The molecule has 6 nitrogen and oxygen atoms in total. The van der Waals surface area contributed by atoms with Crippen LogP contribution in [0.1, 0.15) is 17.3 Å². The lowest BCUT2D eigenvalue weighted by Crippen LogP contribution is -2.38. The third-order valence-electron chi connectivity index (χ3n) is 2.34. The van der Waals surface area contributed by atoms with Crippen molar-refractivity contribution in [3.05, 3.63) is 28.8 Å². The van der Waals surface area contributed by atoms with Crippen molar-refractivity contribution in [3.63, 3.8) is 0 Å². The molecule has 0 bridgehead atoms. The second-order valence-electron chi connectivity index (χ2n) is 3.57. The van der Waals surface area contributed by atoms with Gasteiger partial charge in [-0.3, -0.25) is 4.79 Å². The second-order valence-corrected chi connectivity index (χ2v) is 4.01. The molecule has 1 aromatic rings. The Labute approximate surface area is 109 Å². The molecule has 0 aliphatic rings. The van der Waals surface area contributed by atoms with Crippen LogP contribution in [0.5, 0.6) is 5.75 Å². The Balaban J connectivity index is 2.96. The maximum atomic E-state index is 12.1. The zero-order chi connectivity index (χ0) is 13.7. The van der Waals surface area contributed by atoms with Gasteiger partial charge in [0.2, 0.25) is 0 Å². The standard InChI is InChI=1S/C11H14ClN3O3/c1-2-15(6-10(13)14-18)11(17)8-4-3-7(12)5-9(8)16/h3-5,16,18H,2,6H2,1H3,(H2,13,14). The fraction of sp³-hybridized carbons (Fsp3) is 0.273. The lowest BCUT2D eigenvalue weighted by atomic mass is 10.1. The van der Waals surface area contributed by atoms with E-state index >= 15 is 0 Å². The van der Waals surface area contributed by atoms with Crippen LogP contribution in [0.3, 0.4) is 0 Å². The summed E-state index contributed by atoms with van der Waals surface area (Å²) in [6.07, 6.45) is 0. The smallest absolute Gasteiger partial charge is 0.258 e. The van der Waals surface area contributed by atoms with Gasteiger partial charge in [0.1, 0.15) is 5.75 Å². The number of hydrogen-bond donors (Lipinski definition) is 3. The van der Waals surface area contributed by atoms with Gasteiger partial charge in [0.15, 0.2) is 5.84 Å². The monoisotopic (exact) mass is 271 g/mol. The highest BCUT2D eigenvalue weighted by molar-refractivity contribution is 6.30. The predicted octanol–water partition coefficient (Wildman–Crippen LogP) is 1.25. The first-order chi connectivity index (χ1) is 8.49. The number of benzene rings is 1. The molecule has 0 saturated heterocycles. The lowest BCUT2D eigenvalue weighted by Gasteiger charge is -2.20. The van der Waals surface area contributed by atoms with E-state index in [1.165, 1.54) is 23.1 Å². The first-order valence-corrected chi connectivity index (χ1v) is 5.61. The molecule has 0 saturated carbocycles. The number of aromatic hydroxyl groups is 1. The molecule has 0 fully saturated rings. The molecule has 0 aliphatic heterocycles. The molecular formula is C11H14ClN3O3. The van der Waals surface area contributed by atoms with Gasteiger partial charge in [-0.25, -0.2) is 0 Å². The molecule has 7 heteroatoms. The van der Waals surface area contributed by atoms with Gasteiger partial charge in [0.05, 0.1) is 12.1 Å². The quantitative estimate of drug-likeness (QED) is 0.332. The Hall–Kier alpha value is -1.95. The van der Waals surface area contributed by atoms with Crippen molar-refractivity contribution in [2.45, 2.75) is 6.92 Å². The van der Waals surface area contributed by atoms with E-state index in [0.29, 0.717) is 11.6 Å². The van der Waals surface area contributed by atoms with Gasteiger partial charge < -0.3 is 20.9 Å². The van der Waals surface area contributed by atoms with Gasteiger partial charge >= 0.3 is 0 Å². The minimum absolute atomic E-state index is 0.0199. The Morgan fingerprint density at radius 1 is 1.56 bits per heavy atom. The highest BCUT2D eigenvalue weighted by atomic mass is 35.5. The minimum atomic E-state index is -0.418. The SMILES string of the molecule is CCN(CC(N)=NO)C(=O)c1ccc(Cl)cc1O. The fourth-order valence-corrected chi connectivity index (χ4v) is 1.58. The van der Waals surface area contributed by atoms with Crippen LogP contribution in [0.15, 0.2) is 23.4 Å². The summed E-state index contributed by atoms with van der Waals surface area (Å²) in [5.41, 5.74) is 5.47. The van der Waals surface area contributed by atoms with E-state index in [2.05, 4.69) is 5.16 Å². The highest BCUT2D eigenvalue weighted by Gasteiger charge is 2.18. The summed E-state index contributed by atoms with van der Waals surface area (Å²) in [5.74, 6) is -0.706. The topological polar surface area (TPSA) is 99.1 Å². The van der Waals surface area contributed by atoms with Crippen LogP contribution in [-0.4, -0.2) is 40.0 Å². The first kappa shape index (κ1) is 14.1. The molecule has 4 N–H and O–H groups in total. The molecule has 98 valence electrons. The first-order valence-electron chi connectivity index (χ1n) is 5.23. The normalized spacial score (nSPS) is 11.3. The maximum Gasteiger partial charge on any atom is 0.258 e. The summed E-state index contributed by atoms with van der Waals surface area (Å²) in [6.45, 7) is 2.08. The van der Waals surface area contributed by atoms with Crippen LogP contribution in [0.25, 0.3) is 0 Å². The molecule has 0 radical (unpaired) electrons. The van der Waals surface area contributed by atoms with Crippen molar-refractivity contribution >= 4 is 23.3 Å². The Morgan fingerprint density at radius 2 is 2.22 bits per heavy atom. The molecule has 0 unspecified atom stereocenters. The van der Waals surface area contributed by atoms with Crippen LogP contribution in [-0.2, 0) is 0 Å². The van der Waals surface area contributed by atoms with Gasteiger partial charge in [0.25, 0.3) is 5.91 Å². The van der Waals surface area contributed by atoms with Gasteiger partial charge in [0, 0.05) is 11.6 Å². The summed E-state index contributed by atoms with van der Waals surface area (Å²) < 4.78 is 0. The van der Waals surface area contributed by atoms with Gasteiger partial charge in [-0.05, 0) is 25.1 Å². The molecule has 0 spiro atoms. The van der Waals surface area contributed by atoms with E-state index in [1.54, 1.807) is 6.92 Å². The van der Waals surface area contributed by atoms with Gasteiger partial charge in [-0.2, -0.15) is 0 Å². The molecule has 0 aliphatic carbocycles. The molecule has 1 aromatic carbocycles. The van der Waals surface area contributed by atoms with E-state index < -0.39 is 5.91 Å². The van der Waals surface area contributed by atoms with Crippen LogP contribution >= 0.6 is 11.6 Å². The summed E-state index contributed by atoms with van der Waals surface area (Å²) in [4.78, 5) is 13.4. The highest BCUT2D eigenvalue weighted by Crippen LogP contribution is 2.23. The number of carbonyl (C=O) groups is 1. The van der Waals surface area contributed by atoms with E-state index in [-0.39, 0.29) is 23.7 Å². The van der Waals surface area contributed by atoms with Gasteiger partial charge in [-0.15, -0.1) is 0 Å². The van der Waals surface area contributed by atoms with Crippen LogP contribution in [0.4, 0.5) is 0 Å². The molecule has 1 amide bonds. The number of halogens is 1. The second kappa shape index (κ2) is 6.11. The number of amides is 1. The fourth-order valence-electron chi connectivity index (χ4n) is 1.41. The average molecular weight is 272 g/mol. The number of nitrogens with two attached hydrogens (primary N) is 1. The number of oxime groups is 1. The van der Waals surface area contributed by atoms with E-state index in [1.807, 2.05) is 0 Å². The number of carbonyl (C=O) groups excluding carboxylic acids is 1. The van der Waals surface area contributed by atoms with Crippen LogP contribution in [0.2, 0.25) is 5.02 Å². The number of hydrogen-bond acceptors (Lipinski definition) is 4. The average Bonchev–Trinajstić information content (AvgIpc) is 2.34. The summed E-state index contributed by atoms with van der Waals surface area (Å²) in [6, 6.07) is 4.22. The number of likely N-dealkylation sites (N-methyl/N-ethyl adjacent to an activating group) is 1. The summed E-state index contributed by atoms with van der Waals surface area (Å²) in [5, 5.41) is 21.3. The van der Waals surface area contributed by atoms with Gasteiger partial charge in [-0.1, -0.05) is 16.8 Å². The largest absolute Gasteiger partial charge is 0.507 e. The van der Waals surface area contributed by atoms with E-state index in [4.69, 9.17) is 22.5 Å². The lowest BCUT2D eigenvalue weighted by molar-refractivity contribution is 0.0783. The minimum Gasteiger partial charge on any atom is -0.507 e. The van der Waals surface area contributed by atoms with Crippen LogP contribution in [0, 0.1) is 0 Å².